The Labute approximate surface area is 144 Å². The zero-order chi connectivity index (χ0) is 17.9. The van der Waals surface area contributed by atoms with Gasteiger partial charge in [-0.15, -0.1) is 0 Å². The topological polar surface area (TPSA) is 29.5 Å². The monoisotopic (exact) mass is 349 g/mol. The minimum absolute atomic E-state index is 0.153. The van der Waals surface area contributed by atoms with Crippen molar-refractivity contribution in [2.24, 2.45) is 0 Å². The van der Waals surface area contributed by atoms with Crippen LogP contribution in [0.2, 0.25) is 0 Å². The lowest BCUT2D eigenvalue weighted by molar-refractivity contribution is -0.138. The van der Waals surface area contributed by atoms with E-state index in [4.69, 9.17) is 4.74 Å². The van der Waals surface area contributed by atoms with Gasteiger partial charge >= 0.3 is 12.3 Å². The average Bonchev–Trinajstić information content (AvgIpc) is 3.10. The number of alkyl halides is 3. The van der Waals surface area contributed by atoms with E-state index in [0.717, 1.165) is 11.6 Å². The third-order valence-corrected chi connectivity index (χ3v) is 4.36. The Morgan fingerprint density at radius 2 is 1.76 bits per heavy atom. The number of likely N-dealkylation sites (tertiary alicyclic amines) is 1. The molecular formula is C19H18F3NO2. The van der Waals surface area contributed by atoms with Crippen LogP contribution < -0.4 is 0 Å². The first-order valence-corrected chi connectivity index (χ1v) is 8.07. The zero-order valence-corrected chi connectivity index (χ0v) is 13.5. The Balaban J connectivity index is 1.63. The number of rotatable bonds is 3. The molecule has 1 atom stereocenters. The van der Waals surface area contributed by atoms with E-state index in [1.165, 1.54) is 17.0 Å². The minimum atomic E-state index is -4.39. The summed E-state index contributed by atoms with van der Waals surface area (Å²) in [4.78, 5) is 13.6. The maximum atomic E-state index is 13.2. The minimum Gasteiger partial charge on any atom is -0.445 e. The van der Waals surface area contributed by atoms with Gasteiger partial charge in [-0.3, -0.25) is 0 Å². The molecular weight excluding hydrogens is 331 g/mol. The highest BCUT2D eigenvalue weighted by molar-refractivity contribution is 5.68. The van der Waals surface area contributed by atoms with Crippen LogP contribution in [0.25, 0.3) is 0 Å². The first-order chi connectivity index (χ1) is 11.9. The van der Waals surface area contributed by atoms with Crippen molar-refractivity contribution >= 4 is 6.09 Å². The van der Waals surface area contributed by atoms with Crippen LogP contribution in [0.3, 0.4) is 0 Å². The van der Waals surface area contributed by atoms with Gasteiger partial charge in [0.25, 0.3) is 0 Å². The summed E-state index contributed by atoms with van der Waals surface area (Å²) in [6.45, 7) is 0.783. The van der Waals surface area contributed by atoms with E-state index in [0.29, 0.717) is 13.0 Å². The van der Waals surface area contributed by atoms with Crippen molar-refractivity contribution in [1.29, 1.82) is 0 Å². The van der Waals surface area contributed by atoms with Gasteiger partial charge in [0, 0.05) is 19.0 Å². The summed E-state index contributed by atoms with van der Waals surface area (Å²) < 4.78 is 44.7. The Kier molecular flexibility index (Phi) is 4.97. The van der Waals surface area contributed by atoms with E-state index in [1.807, 2.05) is 30.3 Å². The molecule has 1 aliphatic heterocycles. The lowest BCUT2D eigenvalue weighted by atomic mass is 9.93. The highest BCUT2D eigenvalue weighted by Crippen LogP contribution is 2.38. The Bertz CT molecular complexity index is 731. The number of nitrogens with zero attached hydrogens (tertiary/aromatic N) is 1. The molecule has 0 N–H and O–H groups in total. The van der Waals surface area contributed by atoms with Crippen molar-refractivity contribution in [1.82, 2.24) is 4.90 Å². The zero-order valence-electron chi connectivity index (χ0n) is 13.5. The molecule has 1 fully saturated rings. The molecule has 0 aromatic heterocycles. The molecule has 1 amide bonds. The van der Waals surface area contributed by atoms with Crippen LogP contribution in [0, 0.1) is 0 Å². The first kappa shape index (κ1) is 17.3. The fourth-order valence-corrected chi connectivity index (χ4v) is 3.10. The Morgan fingerprint density at radius 3 is 2.48 bits per heavy atom. The molecule has 0 aliphatic carbocycles. The van der Waals surface area contributed by atoms with Crippen molar-refractivity contribution in [3.8, 4) is 0 Å². The fraction of sp³-hybridized carbons (Fsp3) is 0.316. The summed E-state index contributed by atoms with van der Waals surface area (Å²) >= 11 is 0. The van der Waals surface area contributed by atoms with Gasteiger partial charge in [0.15, 0.2) is 0 Å². The average molecular weight is 349 g/mol. The fourth-order valence-electron chi connectivity index (χ4n) is 3.10. The van der Waals surface area contributed by atoms with E-state index in [9.17, 15) is 18.0 Å². The summed E-state index contributed by atoms with van der Waals surface area (Å²) in [7, 11) is 0. The molecule has 3 nitrogen and oxygen atoms in total. The van der Waals surface area contributed by atoms with E-state index >= 15 is 0 Å². The maximum absolute atomic E-state index is 13.2. The molecule has 1 heterocycles. The maximum Gasteiger partial charge on any atom is 0.416 e. The number of hydrogen-bond donors (Lipinski definition) is 0. The van der Waals surface area contributed by atoms with Crippen molar-refractivity contribution in [2.45, 2.75) is 25.1 Å². The molecule has 1 unspecified atom stereocenters. The second-order valence-corrected chi connectivity index (χ2v) is 6.06. The van der Waals surface area contributed by atoms with Crippen molar-refractivity contribution in [3.05, 3.63) is 71.3 Å². The van der Waals surface area contributed by atoms with Gasteiger partial charge in [-0.1, -0.05) is 48.5 Å². The summed E-state index contributed by atoms with van der Waals surface area (Å²) in [6, 6.07) is 14.8. The number of ether oxygens (including phenoxy) is 1. The molecule has 25 heavy (non-hydrogen) atoms. The predicted molar refractivity (Wildman–Crippen MR) is 87.0 cm³/mol. The number of carbonyl (C=O) groups is 1. The Hall–Kier alpha value is -2.50. The molecule has 2 aromatic carbocycles. The summed E-state index contributed by atoms with van der Waals surface area (Å²) in [5.41, 5.74) is 0.488. The molecule has 0 spiro atoms. The number of carbonyl (C=O) groups excluding carboxylic acids is 1. The van der Waals surface area contributed by atoms with Crippen LogP contribution in [0.5, 0.6) is 0 Å². The second-order valence-electron chi connectivity index (χ2n) is 6.06. The van der Waals surface area contributed by atoms with Crippen molar-refractivity contribution in [2.75, 3.05) is 13.1 Å². The lowest BCUT2D eigenvalue weighted by Gasteiger charge is -2.19. The smallest absolute Gasteiger partial charge is 0.416 e. The molecule has 3 rings (SSSR count). The highest BCUT2D eigenvalue weighted by atomic mass is 19.4. The molecule has 132 valence electrons. The van der Waals surface area contributed by atoms with Gasteiger partial charge in [-0.05, 0) is 23.6 Å². The molecule has 1 saturated heterocycles. The van der Waals surface area contributed by atoms with Crippen LogP contribution in [0.1, 0.15) is 29.0 Å². The quantitative estimate of drug-likeness (QED) is 0.794. The summed E-state index contributed by atoms with van der Waals surface area (Å²) in [6.07, 6.45) is -4.39. The van der Waals surface area contributed by atoms with Gasteiger partial charge < -0.3 is 9.64 Å². The molecule has 6 heteroatoms. The largest absolute Gasteiger partial charge is 0.445 e. The van der Waals surface area contributed by atoms with Crippen LogP contribution in [-0.2, 0) is 17.5 Å². The molecule has 0 radical (unpaired) electrons. The van der Waals surface area contributed by atoms with Crippen LogP contribution in [-0.4, -0.2) is 24.1 Å². The molecule has 0 saturated carbocycles. The lowest BCUT2D eigenvalue weighted by Crippen LogP contribution is -2.29. The van der Waals surface area contributed by atoms with E-state index < -0.39 is 17.8 Å². The summed E-state index contributed by atoms with van der Waals surface area (Å²) in [5, 5.41) is 0. The first-order valence-electron chi connectivity index (χ1n) is 8.07. The van der Waals surface area contributed by atoms with Crippen LogP contribution in [0.4, 0.5) is 18.0 Å². The SMILES string of the molecule is O=C(OCc1ccccc1)N1CCC(c2ccccc2C(F)(F)F)C1. The van der Waals surface area contributed by atoms with Crippen LogP contribution >= 0.6 is 0 Å². The van der Waals surface area contributed by atoms with Crippen molar-refractivity contribution in [3.63, 3.8) is 0 Å². The van der Waals surface area contributed by atoms with E-state index in [2.05, 4.69) is 0 Å². The number of halogens is 3. The standard InChI is InChI=1S/C19H18F3NO2/c20-19(21,22)17-9-5-4-8-16(17)15-10-11-23(12-15)18(24)25-13-14-6-2-1-3-7-14/h1-9,15H,10-13H2. The molecule has 2 aromatic rings. The normalized spacial score (nSPS) is 17.6. The number of benzene rings is 2. The van der Waals surface area contributed by atoms with Crippen LogP contribution in [0.15, 0.2) is 54.6 Å². The van der Waals surface area contributed by atoms with E-state index in [1.54, 1.807) is 6.07 Å². The highest BCUT2D eigenvalue weighted by Gasteiger charge is 2.37. The number of amides is 1. The third-order valence-electron chi connectivity index (χ3n) is 4.36. The predicted octanol–water partition coefficient (Wildman–Crippen LogP) is 4.83. The van der Waals surface area contributed by atoms with Gasteiger partial charge in [0.1, 0.15) is 6.61 Å². The van der Waals surface area contributed by atoms with Gasteiger partial charge in [0.05, 0.1) is 5.56 Å². The second kappa shape index (κ2) is 7.17. The van der Waals surface area contributed by atoms with Gasteiger partial charge in [-0.25, -0.2) is 4.79 Å². The third kappa shape index (κ3) is 4.13. The Morgan fingerprint density at radius 1 is 1.08 bits per heavy atom. The molecule has 1 aliphatic rings. The van der Waals surface area contributed by atoms with E-state index in [-0.39, 0.29) is 24.6 Å². The molecule has 0 bridgehead atoms. The summed E-state index contributed by atoms with van der Waals surface area (Å²) in [5.74, 6) is -0.331. The number of hydrogen-bond acceptors (Lipinski definition) is 2. The van der Waals surface area contributed by atoms with Gasteiger partial charge in [-0.2, -0.15) is 13.2 Å². The van der Waals surface area contributed by atoms with Crippen molar-refractivity contribution < 1.29 is 22.7 Å². The van der Waals surface area contributed by atoms with Gasteiger partial charge in [0.2, 0.25) is 0 Å².